The molecule has 0 bridgehead atoms. The van der Waals surface area contributed by atoms with Crippen molar-refractivity contribution < 1.29 is 19.2 Å². The van der Waals surface area contributed by atoms with Crippen molar-refractivity contribution in [1.29, 1.82) is 0 Å². The van der Waals surface area contributed by atoms with Gasteiger partial charge < -0.3 is 20.3 Å². The van der Waals surface area contributed by atoms with E-state index < -0.39 is 23.5 Å². The van der Waals surface area contributed by atoms with Gasteiger partial charge in [0, 0.05) is 35.4 Å². The fourth-order valence-electron chi connectivity index (χ4n) is 8.17. The number of likely N-dealkylation sites (tertiary alicyclic amines) is 1. The molecule has 2 aromatic carbocycles. The lowest BCUT2D eigenvalue weighted by Gasteiger charge is -2.35. The van der Waals surface area contributed by atoms with E-state index in [1.165, 1.54) is 4.88 Å². The molecule has 4 atom stereocenters. The summed E-state index contributed by atoms with van der Waals surface area (Å²) in [5.41, 5.74) is 9.34. The number of aryl methyl sites for hydroxylation is 4. The second-order valence-electron chi connectivity index (χ2n) is 17.0. The van der Waals surface area contributed by atoms with Crippen molar-refractivity contribution in [3.8, 4) is 15.4 Å². The van der Waals surface area contributed by atoms with Gasteiger partial charge in [0.25, 0.3) is 0 Å². The smallest absolute Gasteiger partial charge is 0.246 e. The number of amides is 3. The Hall–Kier alpha value is -5.34. The molecular weight excluding hydrogens is 793 g/mol. The number of nitrogens with zero attached hydrogens (tertiary/aromatic N) is 6. The fourth-order valence-corrected chi connectivity index (χ4v) is 10.2. The summed E-state index contributed by atoms with van der Waals surface area (Å²) in [6, 6.07) is 14.3. The molecule has 2 aliphatic rings. The van der Waals surface area contributed by atoms with E-state index in [1.807, 2.05) is 63.8 Å². The molecule has 2 aliphatic heterocycles. The zero-order valence-electron chi connectivity index (χ0n) is 35.7. The Morgan fingerprint density at radius 1 is 0.967 bits per heavy atom. The van der Waals surface area contributed by atoms with Crippen molar-refractivity contribution in [2.75, 3.05) is 6.54 Å². The first kappa shape index (κ1) is 42.8. The van der Waals surface area contributed by atoms with Crippen molar-refractivity contribution >= 4 is 52.4 Å². The van der Waals surface area contributed by atoms with Crippen LogP contribution in [0.2, 0.25) is 0 Å². The minimum absolute atomic E-state index is 0.187. The second-order valence-corrected chi connectivity index (χ2v) is 19.1. The summed E-state index contributed by atoms with van der Waals surface area (Å²) in [6.07, 6.45) is 3.88. The summed E-state index contributed by atoms with van der Waals surface area (Å²) in [5, 5.41) is 15.9. The number of thiazole rings is 1. The van der Waals surface area contributed by atoms with Crippen LogP contribution in [0.5, 0.6) is 0 Å². The maximum Gasteiger partial charge on any atom is 0.246 e. The number of benzene rings is 2. The minimum Gasteiger partial charge on any atom is -0.348 e. The van der Waals surface area contributed by atoms with E-state index in [0.29, 0.717) is 38.1 Å². The average Bonchev–Trinajstić information content (AvgIpc) is 4.01. The van der Waals surface area contributed by atoms with Crippen LogP contribution in [0.4, 0.5) is 0 Å². The number of carbonyl (C=O) groups excluding carboxylic acids is 4. The highest BCUT2D eigenvalue weighted by atomic mass is 32.1. The van der Waals surface area contributed by atoms with Crippen LogP contribution in [0, 0.1) is 33.1 Å². The van der Waals surface area contributed by atoms with Gasteiger partial charge in [0.05, 0.1) is 27.8 Å². The molecule has 4 unspecified atom stereocenters. The van der Waals surface area contributed by atoms with Gasteiger partial charge in [-0.05, 0) is 88.0 Å². The number of aliphatic imine (C=N–C) groups is 1. The molecule has 12 nitrogen and oxygen atoms in total. The van der Waals surface area contributed by atoms with Crippen LogP contribution in [0.25, 0.3) is 15.4 Å². The lowest BCUT2D eigenvalue weighted by Crippen LogP contribution is -2.57. The summed E-state index contributed by atoms with van der Waals surface area (Å²) in [6.45, 7) is 16.4. The van der Waals surface area contributed by atoms with Gasteiger partial charge in [-0.25, -0.2) is 4.98 Å². The number of nitrogens with one attached hydrogen (secondary N) is 2. The van der Waals surface area contributed by atoms with E-state index in [2.05, 4.69) is 76.1 Å². The third-order valence-corrected chi connectivity index (χ3v) is 13.9. The Balaban J connectivity index is 0.965. The van der Waals surface area contributed by atoms with Gasteiger partial charge in [0.1, 0.15) is 35.2 Å². The molecule has 5 heterocycles. The highest BCUT2D eigenvalue weighted by molar-refractivity contribution is 7.15. The molecule has 60 heavy (non-hydrogen) atoms. The van der Waals surface area contributed by atoms with E-state index in [9.17, 15) is 19.2 Å². The zero-order valence-corrected chi connectivity index (χ0v) is 37.3. The highest BCUT2D eigenvalue weighted by Crippen LogP contribution is 2.39. The number of hydrogen-bond donors (Lipinski definition) is 2. The Morgan fingerprint density at radius 3 is 2.35 bits per heavy atom. The second kappa shape index (κ2) is 17.7. The van der Waals surface area contributed by atoms with Gasteiger partial charge in [0.15, 0.2) is 5.82 Å². The number of fused-ring (bicyclic) bond motifs is 3. The van der Waals surface area contributed by atoms with Crippen molar-refractivity contribution in [3.63, 3.8) is 0 Å². The largest absolute Gasteiger partial charge is 0.348 e. The van der Waals surface area contributed by atoms with Crippen molar-refractivity contribution in [1.82, 2.24) is 35.3 Å². The van der Waals surface area contributed by atoms with Crippen LogP contribution in [0.3, 0.4) is 0 Å². The van der Waals surface area contributed by atoms with Crippen molar-refractivity contribution in [2.45, 2.75) is 118 Å². The monoisotopic (exact) mass is 846 g/mol. The molecule has 0 spiro atoms. The third-order valence-electron chi connectivity index (χ3n) is 11.7. The summed E-state index contributed by atoms with van der Waals surface area (Å²) < 4.78 is 2.04. The standard InChI is InChI=1S/C46H54N8O4S2/c1-26-29(4)60-45-38(26)39(49-35(22-24-55)42-52-51-30(5)54(42)45)33-16-14-31(15-17-33)11-9-13-37(56)50-41(46(6,7)8)44(58)53-23-10-12-36(53)43(57)48-27(2)32-18-20-34(21-19-32)40-28(3)47-25-59-40/h14-21,24-25,27,35-36,41H,9-13,22-23H2,1-8H3,(H,48,57)(H,50,56). The molecule has 5 aromatic rings. The van der Waals surface area contributed by atoms with Crippen LogP contribution in [0.1, 0.15) is 122 Å². The molecule has 0 radical (unpaired) electrons. The molecule has 2 N–H and O–H groups in total. The first-order chi connectivity index (χ1) is 28.7. The zero-order chi connectivity index (χ0) is 42.9. The Labute approximate surface area is 359 Å². The molecule has 7 rings (SSSR count). The molecule has 1 saturated heterocycles. The highest BCUT2D eigenvalue weighted by Gasteiger charge is 2.42. The SMILES string of the molecule is Cc1ncsc1-c1ccc(C(C)NC(=O)C2CCCN2C(=O)C(NC(=O)CCCc2ccc(C3=NC(CC=O)c4nnc(C)n4-c4sc(C)c(C)c43)cc2)C(C)(C)C)cc1. The van der Waals surface area contributed by atoms with Gasteiger partial charge in [-0.1, -0.05) is 69.3 Å². The minimum atomic E-state index is -0.785. The lowest BCUT2D eigenvalue weighted by molar-refractivity contribution is -0.144. The molecule has 3 amide bonds. The predicted molar refractivity (Wildman–Crippen MR) is 237 cm³/mol. The average molecular weight is 847 g/mol. The van der Waals surface area contributed by atoms with E-state index in [0.717, 1.165) is 66.8 Å². The van der Waals surface area contributed by atoms with Crippen LogP contribution in [-0.4, -0.2) is 73.0 Å². The lowest BCUT2D eigenvalue weighted by atomic mass is 9.85. The molecule has 0 aliphatic carbocycles. The Kier molecular flexibility index (Phi) is 12.6. The summed E-state index contributed by atoms with van der Waals surface area (Å²) in [4.78, 5) is 66.5. The van der Waals surface area contributed by atoms with Gasteiger partial charge in [0.2, 0.25) is 17.7 Å². The predicted octanol–water partition coefficient (Wildman–Crippen LogP) is 7.89. The van der Waals surface area contributed by atoms with Crippen LogP contribution in [0.15, 0.2) is 59.0 Å². The molecule has 14 heteroatoms. The van der Waals surface area contributed by atoms with E-state index in [1.54, 1.807) is 27.6 Å². The molecule has 1 fully saturated rings. The maximum absolute atomic E-state index is 14.2. The number of hydrogen-bond acceptors (Lipinski definition) is 10. The number of aromatic nitrogens is 4. The summed E-state index contributed by atoms with van der Waals surface area (Å²) in [5.74, 6) is 0.809. The normalized spacial score (nSPS) is 17.3. The number of rotatable bonds is 13. The number of thiophene rings is 1. The fraction of sp³-hybridized carbons (Fsp3) is 0.435. The van der Waals surface area contributed by atoms with E-state index >= 15 is 0 Å². The van der Waals surface area contributed by atoms with Crippen LogP contribution >= 0.6 is 22.7 Å². The van der Waals surface area contributed by atoms with Gasteiger partial charge in [-0.2, -0.15) is 0 Å². The Morgan fingerprint density at radius 2 is 1.68 bits per heavy atom. The van der Waals surface area contributed by atoms with Gasteiger partial charge in [-0.15, -0.1) is 32.9 Å². The summed E-state index contributed by atoms with van der Waals surface area (Å²) >= 11 is 3.28. The maximum atomic E-state index is 14.2. The molecule has 314 valence electrons. The summed E-state index contributed by atoms with van der Waals surface area (Å²) in [7, 11) is 0. The van der Waals surface area contributed by atoms with Crippen molar-refractivity contribution in [3.05, 3.63) is 104 Å². The third kappa shape index (κ3) is 8.76. The van der Waals surface area contributed by atoms with Gasteiger partial charge in [-0.3, -0.25) is 23.9 Å². The first-order valence-electron chi connectivity index (χ1n) is 20.7. The van der Waals surface area contributed by atoms with E-state index in [-0.39, 0.29) is 36.6 Å². The van der Waals surface area contributed by atoms with E-state index in [4.69, 9.17) is 4.99 Å². The van der Waals surface area contributed by atoms with Crippen LogP contribution in [-0.2, 0) is 25.6 Å². The first-order valence-corrected chi connectivity index (χ1v) is 22.4. The van der Waals surface area contributed by atoms with Gasteiger partial charge >= 0.3 is 0 Å². The Bertz CT molecular complexity index is 2420. The molecular formula is C46H54N8O4S2. The molecule has 3 aromatic heterocycles. The number of aldehydes is 1. The molecule has 0 saturated carbocycles. The number of carbonyl (C=O) groups is 4. The topological polar surface area (TPSA) is 152 Å². The quantitative estimate of drug-likeness (QED) is 0.114. The van der Waals surface area contributed by atoms with Crippen LogP contribution < -0.4 is 10.6 Å². The van der Waals surface area contributed by atoms with Crippen molar-refractivity contribution in [2.24, 2.45) is 10.4 Å².